The first-order valence-corrected chi connectivity index (χ1v) is 9.50. The lowest BCUT2D eigenvalue weighted by atomic mass is 9.99. The molecule has 0 radical (unpaired) electrons. The molecule has 0 spiro atoms. The summed E-state index contributed by atoms with van der Waals surface area (Å²) >= 11 is 0. The molecule has 0 saturated carbocycles. The normalized spacial score (nSPS) is 17.7. The molecule has 29 heavy (non-hydrogen) atoms. The highest BCUT2D eigenvalue weighted by Crippen LogP contribution is 2.36. The predicted octanol–water partition coefficient (Wildman–Crippen LogP) is 1.91. The number of carbonyl (C=O) groups excluding carboxylic acids is 2. The largest absolute Gasteiger partial charge is 0.454 e. The van der Waals surface area contributed by atoms with E-state index in [4.69, 9.17) is 14.2 Å². The second-order valence-corrected chi connectivity index (χ2v) is 6.83. The maximum absolute atomic E-state index is 12.5. The fraction of sp³-hybridized carbons (Fsp3) is 0.333. The molecule has 152 valence electrons. The minimum atomic E-state index is -0.486. The third-order valence-electron chi connectivity index (χ3n) is 5.08. The zero-order valence-corrected chi connectivity index (χ0v) is 16.1. The Labute approximate surface area is 168 Å². The van der Waals surface area contributed by atoms with E-state index in [0.717, 1.165) is 28.2 Å². The number of carbonyl (C=O) groups is 2. The van der Waals surface area contributed by atoms with E-state index < -0.39 is 6.09 Å². The molecule has 2 aliphatic heterocycles. The Morgan fingerprint density at radius 1 is 1.14 bits per heavy atom. The Balaban J connectivity index is 1.49. The minimum absolute atomic E-state index is 0.160. The first-order chi connectivity index (χ1) is 14.2. The highest BCUT2D eigenvalue weighted by atomic mass is 16.7. The lowest BCUT2D eigenvalue weighted by molar-refractivity contribution is -0.123. The van der Waals surface area contributed by atoms with Crippen LogP contribution >= 0.6 is 0 Å². The van der Waals surface area contributed by atoms with E-state index in [0.29, 0.717) is 19.6 Å². The summed E-state index contributed by atoms with van der Waals surface area (Å²) in [5.74, 6) is 1.16. The van der Waals surface area contributed by atoms with Crippen molar-refractivity contribution in [3.63, 3.8) is 0 Å². The van der Waals surface area contributed by atoms with Crippen molar-refractivity contribution in [3.05, 3.63) is 48.0 Å². The van der Waals surface area contributed by atoms with Gasteiger partial charge in [-0.05, 0) is 28.8 Å². The number of nitrogens with zero attached hydrogens (tertiary/aromatic N) is 1. The molecule has 1 saturated heterocycles. The number of rotatable bonds is 4. The summed E-state index contributed by atoms with van der Waals surface area (Å²) in [5.41, 5.74) is 3.08. The van der Waals surface area contributed by atoms with Crippen LogP contribution in [0, 0.1) is 0 Å². The van der Waals surface area contributed by atoms with Gasteiger partial charge in [0, 0.05) is 26.7 Å². The molecule has 0 aliphatic carbocycles. The molecule has 1 fully saturated rings. The Morgan fingerprint density at radius 3 is 2.69 bits per heavy atom. The third kappa shape index (κ3) is 4.12. The maximum atomic E-state index is 12.5. The Hall–Kier alpha value is -3.26. The number of amides is 2. The second-order valence-electron chi connectivity index (χ2n) is 6.83. The van der Waals surface area contributed by atoms with E-state index in [1.807, 2.05) is 42.5 Å². The van der Waals surface area contributed by atoms with Gasteiger partial charge in [0.25, 0.3) is 5.91 Å². The fourth-order valence-electron chi connectivity index (χ4n) is 3.48. The Bertz CT molecular complexity index is 900. The molecule has 8 heteroatoms. The van der Waals surface area contributed by atoms with Gasteiger partial charge in [0.05, 0.1) is 6.04 Å². The summed E-state index contributed by atoms with van der Waals surface area (Å²) < 4.78 is 16.0. The van der Waals surface area contributed by atoms with Crippen LogP contribution in [0.2, 0.25) is 0 Å². The second kappa shape index (κ2) is 8.40. The molecule has 2 aromatic rings. The van der Waals surface area contributed by atoms with Crippen molar-refractivity contribution in [2.75, 3.05) is 40.1 Å². The molecule has 1 unspecified atom stereocenters. The molecular formula is C21H23N3O5. The summed E-state index contributed by atoms with van der Waals surface area (Å²) in [6.45, 7) is 1.79. The van der Waals surface area contributed by atoms with Crippen molar-refractivity contribution in [3.8, 4) is 22.6 Å². The topological polar surface area (TPSA) is 89.1 Å². The molecule has 4 rings (SSSR count). The van der Waals surface area contributed by atoms with Gasteiger partial charge in [-0.1, -0.05) is 30.3 Å². The number of likely N-dealkylation sites (N-methyl/N-ethyl adjacent to an activating group) is 1. The van der Waals surface area contributed by atoms with E-state index in [1.165, 1.54) is 7.05 Å². The van der Waals surface area contributed by atoms with Crippen LogP contribution in [-0.4, -0.2) is 57.0 Å². The van der Waals surface area contributed by atoms with Gasteiger partial charge in [-0.3, -0.25) is 9.69 Å². The van der Waals surface area contributed by atoms with Crippen molar-refractivity contribution in [2.45, 2.75) is 6.04 Å². The van der Waals surface area contributed by atoms with E-state index >= 15 is 0 Å². The van der Waals surface area contributed by atoms with Gasteiger partial charge in [0.15, 0.2) is 18.1 Å². The number of nitrogens with one attached hydrogen (secondary N) is 2. The summed E-state index contributed by atoms with van der Waals surface area (Å²) in [7, 11) is 1.51. The van der Waals surface area contributed by atoms with E-state index in [2.05, 4.69) is 10.6 Å². The van der Waals surface area contributed by atoms with Crippen LogP contribution in [0.1, 0.15) is 11.6 Å². The molecule has 2 aliphatic rings. The first-order valence-electron chi connectivity index (χ1n) is 9.50. The quantitative estimate of drug-likeness (QED) is 0.819. The number of hydrogen-bond donors (Lipinski definition) is 2. The van der Waals surface area contributed by atoms with Crippen molar-refractivity contribution >= 4 is 12.0 Å². The number of fused-ring (bicyclic) bond motifs is 1. The van der Waals surface area contributed by atoms with E-state index in [9.17, 15) is 9.59 Å². The number of benzene rings is 2. The third-order valence-corrected chi connectivity index (χ3v) is 5.08. The number of piperazine rings is 1. The number of hydrogen-bond acceptors (Lipinski definition) is 6. The summed E-state index contributed by atoms with van der Waals surface area (Å²) in [4.78, 5) is 25.5. The van der Waals surface area contributed by atoms with Crippen LogP contribution in [0.4, 0.5) is 4.79 Å². The molecule has 0 aromatic heterocycles. The molecule has 2 aromatic carbocycles. The van der Waals surface area contributed by atoms with Gasteiger partial charge in [-0.2, -0.15) is 0 Å². The van der Waals surface area contributed by atoms with Crippen LogP contribution in [0.25, 0.3) is 11.1 Å². The van der Waals surface area contributed by atoms with Crippen LogP contribution in [-0.2, 0) is 9.53 Å². The van der Waals surface area contributed by atoms with Gasteiger partial charge in [-0.25, -0.2) is 4.79 Å². The average molecular weight is 397 g/mol. The molecule has 2 N–H and O–H groups in total. The summed E-state index contributed by atoms with van der Waals surface area (Å²) in [6, 6.07) is 13.8. The molecular weight excluding hydrogens is 374 g/mol. The lowest BCUT2D eigenvalue weighted by Gasteiger charge is -2.35. The average Bonchev–Trinajstić information content (AvgIpc) is 3.25. The molecule has 2 amide bonds. The summed E-state index contributed by atoms with van der Waals surface area (Å²) in [5, 5.41) is 5.75. The Morgan fingerprint density at radius 2 is 1.90 bits per heavy atom. The molecule has 0 bridgehead atoms. The standard InChI is InChI=1S/C21H23N3O5/c1-22-20(25)12-27-21(26)24-9-8-23-11-17(24)15-4-2-14(3-5-15)16-6-7-18-19(10-16)29-13-28-18/h2-7,10,17,23H,8-9,11-13H2,1H3,(H,22,25). The number of ether oxygens (including phenoxy) is 3. The first kappa shape index (κ1) is 19.1. The van der Waals surface area contributed by atoms with Crippen LogP contribution < -0.4 is 20.1 Å². The predicted molar refractivity (Wildman–Crippen MR) is 106 cm³/mol. The zero-order valence-electron chi connectivity index (χ0n) is 16.1. The van der Waals surface area contributed by atoms with Crippen molar-refractivity contribution in [2.24, 2.45) is 0 Å². The fourth-order valence-corrected chi connectivity index (χ4v) is 3.48. The molecule has 1 atom stereocenters. The van der Waals surface area contributed by atoms with Gasteiger partial charge >= 0.3 is 6.09 Å². The highest BCUT2D eigenvalue weighted by molar-refractivity contribution is 5.80. The van der Waals surface area contributed by atoms with E-state index in [-0.39, 0.29) is 25.3 Å². The molecule has 2 heterocycles. The van der Waals surface area contributed by atoms with Crippen LogP contribution in [0.15, 0.2) is 42.5 Å². The van der Waals surface area contributed by atoms with Crippen LogP contribution in [0.5, 0.6) is 11.5 Å². The summed E-state index contributed by atoms with van der Waals surface area (Å²) in [6.07, 6.45) is -0.486. The SMILES string of the molecule is CNC(=O)COC(=O)N1CCNCC1c1ccc(-c2ccc3c(c2)OCO3)cc1. The van der Waals surface area contributed by atoms with Gasteiger partial charge in [-0.15, -0.1) is 0 Å². The van der Waals surface area contributed by atoms with Gasteiger partial charge < -0.3 is 24.8 Å². The monoisotopic (exact) mass is 397 g/mol. The van der Waals surface area contributed by atoms with E-state index in [1.54, 1.807) is 4.90 Å². The Kier molecular flexibility index (Phi) is 5.53. The highest BCUT2D eigenvalue weighted by Gasteiger charge is 2.29. The lowest BCUT2D eigenvalue weighted by Crippen LogP contribution is -2.49. The van der Waals surface area contributed by atoms with Gasteiger partial charge in [0.2, 0.25) is 6.79 Å². The zero-order chi connectivity index (χ0) is 20.2. The maximum Gasteiger partial charge on any atom is 0.410 e. The van der Waals surface area contributed by atoms with Gasteiger partial charge in [0.1, 0.15) is 0 Å². The van der Waals surface area contributed by atoms with Crippen molar-refractivity contribution in [1.82, 2.24) is 15.5 Å². The smallest absolute Gasteiger partial charge is 0.410 e. The minimum Gasteiger partial charge on any atom is -0.454 e. The molecule has 8 nitrogen and oxygen atoms in total. The van der Waals surface area contributed by atoms with Crippen molar-refractivity contribution in [1.29, 1.82) is 0 Å². The van der Waals surface area contributed by atoms with Crippen LogP contribution in [0.3, 0.4) is 0 Å². The van der Waals surface area contributed by atoms with Crippen molar-refractivity contribution < 1.29 is 23.8 Å².